The minimum Gasteiger partial charge on any atom is -0.495 e. The number of benzene rings is 1. The molecule has 0 aliphatic carbocycles. The van der Waals surface area contributed by atoms with Gasteiger partial charge >= 0.3 is 5.97 Å². The van der Waals surface area contributed by atoms with Gasteiger partial charge in [0.25, 0.3) is 0 Å². The maximum Gasteiger partial charge on any atom is 0.316 e. The Labute approximate surface area is 174 Å². The van der Waals surface area contributed by atoms with E-state index in [4.69, 9.17) is 21.1 Å². The lowest BCUT2D eigenvalue weighted by Crippen LogP contribution is -2.47. The molecule has 1 fully saturated rings. The van der Waals surface area contributed by atoms with Crippen LogP contribution in [-0.4, -0.2) is 61.6 Å². The number of nitrogens with zero attached hydrogens (tertiary/aromatic N) is 4. The number of thioether (sulfide) groups is 1. The highest BCUT2D eigenvalue weighted by molar-refractivity contribution is 7.99. The molecule has 1 aliphatic heterocycles. The summed E-state index contributed by atoms with van der Waals surface area (Å²) in [4.78, 5) is 24.8. The summed E-state index contributed by atoms with van der Waals surface area (Å²) < 4.78 is 10.4. The van der Waals surface area contributed by atoms with Gasteiger partial charge in [0.15, 0.2) is 5.16 Å². The van der Waals surface area contributed by atoms with Crippen molar-refractivity contribution in [2.75, 3.05) is 55.4 Å². The van der Waals surface area contributed by atoms with Gasteiger partial charge in [-0.2, -0.15) is 0 Å². The summed E-state index contributed by atoms with van der Waals surface area (Å²) in [5.41, 5.74) is 1.09. The monoisotopic (exact) mass is 422 g/mol. The number of hydrogen-bond donors (Lipinski definition) is 0. The number of aromatic nitrogens is 2. The van der Waals surface area contributed by atoms with Gasteiger partial charge in [0.1, 0.15) is 16.7 Å². The SMILES string of the molecule is CCOC(=O)CSc1nc(Cl)cc(N2CCN(c3ccccc3OC)CC2)n1. The first-order chi connectivity index (χ1) is 13.6. The highest BCUT2D eigenvalue weighted by Gasteiger charge is 2.21. The highest BCUT2D eigenvalue weighted by Crippen LogP contribution is 2.29. The second-order valence-corrected chi connectivity index (χ2v) is 7.40. The number of anilines is 2. The lowest BCUT2D eigenvalue weighted by atomic mass is 10.2. The first-order valence-corrected chi connectivity index (χ1v) is 10.4. The van der Waals surface area contributed by atoms with Gasteiger partial charge < -0.3 is 19.3 Å². The normalized spacial score (nSPS) is 14.1. The molecular formula is C19H23ClN4O3S. The van der Waals surface area contributed by atoms with E-state index in [1.54, 1.807) is 20.1 Å². The van der Waals surface area contributed by atoms with Crippen LogP contribution in [0.4, 0.5) is 11.5 Å². The molecule has 0 spiro atoms. The molecule has 2 aromatic rings. The standard InChI is InChI=1S/C19H23ClN4O3S/c1-3-27-18(25)13-28-19-21-16(20)12-17(22-19)24-10-8-23(9-11-24)14-6-4-5-7-15(14)26-2/h4-7,12H,3,8-11,13H2,1-2H3. The number of para-hydroxylation sites is 2. The fourth-order valence-corrected chi connectivity index (χ4v) is 3.88. The molecule has 9 heteroatoms. The second kappa shape index (κ2) is 9.84. The molecule has 1 aromatic heterocycles. The first kappa shape index (κ1) is 20.5. The highest BCUT2D eigenvalue weighted by atomic mass is 35.5. The van der Waals surface area contributed by atoms with Gasteiger partial charge in [-0.25, -0.2) is 9.97 Å². The number of carbonyl (C=O) groups excluding carboxylic acids is 1. The van der Waals surface area contributed by atoms with Crippen molar-refractivity contribution in [3.8, 4) is 5.75 Å². The summed E-state index contributed by atoms with van der Waals surface area (Å²) in [6.07, 6.45) is 0. The summed E-state index contributed by atoms with van der Waals surface area (Å²) >= 11 is 7.40. The maximum atomic E-state index is 11.6. The van der Waals surface area contributed by atoms with Gasteiger partial charge in [-0.15, -0.1) is 0 Å². The molecule has 0 radical (unpaired) electrons. The Balaban J connectivity index is 1.64. The first-order valence-electron chi connectivity index (χ1n) is 9.06. The van der Waals surface area contributed by atoms with Crippen LogP contribution in [0.2, 0.25) is 5.15 Å². The third-order valence-electron chi connectivity index (χ3n) is 4.31. The van der Waals surface area contributed by atoms with Crippen LogP contribution < -0.4 is 14.5 Å². The number of halogens is 1. The minimum atomic E-state index is -0.289. The molecule has 7 nitrogen and oxygen atoms in total. The zero-order valence-corrected chi connectivity index (χ0v) is 17.5. The lowest BCUT2D eigenvalue weighted by Gasteiger charge is -2.37. The molecule has 1 aliphatic rings. The molecular weight excluding hydrogens is 400 g/mol. The molecule has 0 bridgehead atoms. The Morgan fingerprint density at radius 3 is 2.61 bits per heavy atom. The van der Waals surface area contributed by atoms with E-state index in [-0.39, 0.29) is 11.7 Å². The van der Waals surface area contributed by atoms with Gasteiger partial charge in [-0.1, -0.05) is 35.5 Å². The van der Waals surface area contributed by atoms with Crippen LogP contribution in [0.1, 0.15) is 6.92 Å². The van der Waals surface area contributed by atoms with Crippen LogP contribution >= 0.6 is 23.4 Å². The third kappa shape index (κ3) is 5.20. The summed E-state index contributed by atoms with van der Waals surface area (Å²) in [6.45, 7) is 5.42. The minimum absolute atomic E-state index is 0.162. The molecule has 2 heterocycles. The molecule has 0 unspecified atom stereocenters. The zero-order valence-electron chi connectivity index (χ0n) is 15.9. The summed E-state index contributed by atoms with van der Waals surface area (Å²) in [7, 11) is 1.69. The van der Waals surface area contributed by atoms with E-state index in [1.807, 2.05) is 18.2 Å². The van der Waals surface area contributed by atoms with E-state index >= 15 is 0 Å². The van der Waals surface area contributed by atoms with Crippen molar-refractivity contribution in [3.05, 3.63) is 35.5 Å². The Hall–Kier alpha value is -2.19. The fraction of sp³-hybridized carbons (Fsp3) is 0.421. The Bertz CT molecular complexity index is 816. The molecule has 28 heavy (non-hydrogen) atoms. The summed E-state index contributed by atoms with van der Waals surface area (Å²) in [5, 5.41) is 0.839. The van der Waals surface area contributed by atoms with Gasteiger partial charge in [-0.3, -0.25) is 4.79 Å². The number of hydrogen-bond acceptors (Lipinski definition) is 8. The summed E-state index contributed by atoms with van der Waals surface area (Å²) in [6, 6.07) is 9.78. The predicted octanol–water partition coefficient (Wildman–Crippen LogP) is 3.12. The molecule has 0 amide bonds. The smallest absolute Gasteiger partial charge is 0.316 e. The van der Waals surface area contributed by atoms with Gasteiger partial charge in [0, 0.05) is 32.2 Å². The molecule has 150 valence electrons. The van der Waals surface area contributed by atoms with Crippen molar-refractivity contribution in [2.45, 2.75) is 12.1 Å². The lowest BCUT2D eigenvalue weighted by molar-refractivity contribution is -0.139. The second-order valence-electron chi connectivity index (χ2n) is 6.07. The average molecular weight is 423 g/mol. The number of rotatable bonds is 7. The zero-order chi connectivity index (χ0) is 19.9. The number of ether oxygens (including phenoxy) is 2. The number of piperazine rings is 1. The Kier molecular flexibility index (Phi) is 7.22. The third-order valence-corrected chi connectivity index (χ3v) is 5.33. The maximum absolute atomic E-state index is 11.6. The Morgan fingerprint density at radius 1 is 1.18 bits per heavy atom. The topological polar surface area (TPSA) is 67.8 Å². The fourth-order valence-electron chi connectivity index (χ4n) is 3.01. The number of esters is 1. The van der Waals surface area contributed by atoms with Crippen molar-refractivity contribution in [2.24, 2.45) is 0 Å². The van der Waals surface area contributed by atoms with E-state index in [0.29, 0.717) is 16.9 Å². The van der Waals surface area contributed by atoms with E-state index in [9.17, 15) is 4.79 Å². The van der Waals surface area contributed by atoms with Gasteiger partial charge in [0.2, 0.25) is 0 Å². The molecule has 3 rings (SSSR count). The molecule has 1 saturated heterocycles. The number of methoxy groups -OCH3 is 1. The van der Waals surface area contributed by atoms with Crippen molar-refractivity contribution in [1.82, 2.24) is 9.97 Å². The predicted molar refractivity (Wildman–Crippen MR) is 112 cm³/mol. The van der Waals surface area contributed by atoms with Crippen LogP contribution in [0.15, 0.2) is 35.5 Å². The van der Waals surface area contributed by atoms with Crippen molar-refractivity contribution >= 4 is 40.8 Å². The van der Waals surface area contributed by atoms with Crippen LogP contribution in [0.3, 0.4) is 0 Å². The van der Waals surface area contributed by atoms with Crippen molar-refractivity contribution in [1.29, 1.82) is 0 Å². The molecule has 0 atom stereocenters. The van der Waals surface area contributed by atoms with Crippen LogP contribution in [-0.2, 0) is 9.53 Å². The quantitative estimate of drug-likeness (QED) is 0.292. The molecule has 0 N–H and O–H groups in total. The van der Waals surface area contributed by atoms with E-state index in [2.05, 4.69) is 25.8 Å². The summed E-state index contributed by atoms with van der Waals surface area (Å²) in [5.74, 6) is 1.52. The van der Waals surface area contributed by atoms with Crippen molar-refractivity contribution in [3.63, 3.8) is 0 Å². The van der Waals surface area contributed by atoms with Crippen LogP contribution in [0, 0.1) is 0 Å². The largest absolute Gasteiger partial charge is 0.495 e. The van der Waals surface area contributed by atoms with Crippen molar-refractivity contribution < 1.29 is 14.3 Å². The molecule has 0 saturated carbocycles. The molecule has 1 aromatic carbocycles. The van der Waals surface area contributed by atoms with Crippen LogP contribution in [0.5, 0.6) is 5.75 Å². The van der Waals surface area contributed by atoms with Crippen LogP contribution in [0.25, 0.3) is 0 Å². The van der Waals surface area contributed by atoms with E-state index in [0.717, 1.165) is 43.4 Å². The van der Waals surface area contributed by atoms with Gasteiger partial charge in [-0.05, 0) is 19.1 Å². The average Bonchev–Trinajstić information content (AvgIpc) is 2.72. The van der Waals surface area contributed by atoms with Gasteiger partial charge in [0.05, 0.1) is 25.2 Å². The van der Waals surface area contributed by atoms with E-state index < -0.39 is 0 Å². The van der Waals surface area contributed by atoms with E-state index in [1.165, 1.54) is 11.8 Å². The Morgan fingerprint density at radius 2 is 1.89 bits per heavy atom. The number of carbonyl (C=O) groups is 1.